The molecule has 0 N–H and O–H groups in total. The molecule has 0 aliphatic heterocycles. The topological polar surface area (TPSA) is 9.23 Å². The summed E-state index contributed by atoms with van der Waals surface area (Å²) in [5.74, 6) is 5.97. The first kappa shape index (κ1) is 9.52. The lowest BCUT2D eigenvalue weighted by Crippen LogP contribution is -1.91. The van der Waals surface area contributed by atoms with Crippen LogP contribution in [0.15, 0.2) is 0 Å². The van der Waals surface area contributed by atoms with Gasteiger partial charge in [0.1, 0.15) is 6.61 Å². The van der Waals surface area contributed by atoms with Crippen LogP contribution in [0, 0.1) is 11.8 Å². The second-order valence-corrected chi connectivity index (χ2v) is 2.16. The molecule has 0 spiro atoms. The normalized spacial score (nSPS) is 8.60. The molecule has 0 aromatic rings. The molecule has 0 aromatic carbocycles. The molecule has 0 saturated heterocycles. The van der Waals surface area contributed by atoms with Crippen LogP contribution in [0.4, 0.5) is 0 Å². The number of rotatable bonds is 4. The standard InChI is InChI=1S/C9H16O/c1-3-5-6-7-9-10-8-4-2/h3-5,8-9H2,1-2H3. The van der Waals surface area contributed by atoms with Gasteiger partial charge in [-0.25, -0.2) is 0 Å². The van der Waals surface area contributed by atoms with E-state index in [4.69, 9.17) is 4.74 Å². The van der Waals surface area contributed by atoms with E-state index in [1.165, 1.54) is 0 Å². The zero-order valence-corrected chi connectivity index (χ0v) is 6.94. The van der Waals surface area contributed by atoms with E-state index in [-0.39, 0.29) is 0 Å². The molecule has 0 radical (unpaired) electrons. The van der Waals surface area contributed by atoms with Crippen molar-refractivity contribution in [2.45, 2.75) is 33.1 Å². The summed E-state index contributed by atoms with van der Waals surface area (Å²) in [7, 11) is 0. The highest BCUT2D eigenvalue weighted by molar-refractivity contribution is 4.98. The van der Waals surface area contributed by atoms with E-state index < -0.39 is 0 Å². The zero-order chi connectivity index (χ0) is 7.66. The Morgan fingerprint density at radius 1 is 1.10 bits per heavy atom. The van der Waals surface area contributed by atoms with Crippen molar-refractivity contribution in [3.63, 3.8) is 0 Å². The minimum atomic E-state index is 0.605. The first-order valence-electron chi connectivity index (χ1n) is 3.95. The molecule has 58 valence electrons. The molecule has 1 nitrogen and oxygen atoms in total. The molecule has 0 heterocycles. The fourth-order valence-electron chi connectivity index (χ4n) is 0.532. The molecule has 0 saturated carbocycles. The van der Waals surface area contributed by atoms with Gasteiger partial charge in [-0.2, -0.15) is 0 Å². The van der Waals surface area contributed by atoms with Crippen molar-refractivity contribution in [3.8, 4) is 11.8 Å². The highest BCUT2D eigenvalue weighted by atomic mass is 16.5. The van der Waals surface area contributed by atoms with E-state index in [1.807, 2.05) is 0 Å². The lowest BCUT2D eigenvalue weighted by Gasteiger charge is -1.92. The van der Waals surface area contributed by atoms with E-state index in [0.717, 1.165) is 25.9 Å². The average molecular weight is 140 g/mol. The molecule has 0 unspecified atom stereocenters. The van der Waals surface area contributed by atoms with E-state index in [1.54, 1.807) is 0 Å². The third kappa shape index (κ3) is 7.52. The van der Waals surface area contributed by atoms with Gasteiger partial charge in [0.25, 0.3) is 0 Å². The van der Waals surface area contributed by atoms with E-state index in [0.29, 0.717) is 6.61 Å². The van der Waals surface area contributed by atoms with Crippen LogP contribution < -0.4 is 0 Å². The van der Waals surface area contributed by atoms with Gasteiger partial charge in [0, 0.05) is 13.0 Å². The largest absolute Gasteiger partial charge is 0.369 e. The van der Waals surface area contributed by atoms with Gasteiger partial charge in [0.15, 0.2) is 0 Å². The predicted octanol–water partition coefficient (Wildman–Crippen LogP) is 2.22. The third-order valence-corrected chi connectivity index (χ3v) is 1.02. The molecule has 0 aliphatic rings. The quantitative estimate of drug-likeness (QED) is 0.430. The first-order chi connectivity index (χ1) is 4.91. The van der Waals surface area contributed by atoms with Crippen LogP contribution in [0.1, 0.15) is 33.1 Å². The Morgan fingerprint density at radius 2 is 1.90 bits per heavy atom. The van der Waals surface area contributed by atoms with Crippen molar-refractivity contribution in [2.75, 3.05) is 13.2 Å². The molecule has 0 atom stereocenters. The van der Waals surface area contributed by atoms with Crippen LogP contribution in [-0.4, -0.2) is 13.2 Å². The molecule has 0 rings (SSSR count). The Hall–Kier alpha value is -0.480. The Balaban J connectivity index is 2.96. The zero-order valence-electron chi connectivity index (χ0n) is 6.94. The molecule has 0 amide bonds. The van der Waals surface area contributed by atoms with Crippen LogP contribution in [0.5, 0.6) is 0 Å². The van der Waals surface area contributed by atoms with Crippen molar-refractivity contribution in [2.24, 2.45) is 0 Å². The summed E-state index contributed by atoms with van der Waals surface area (Å²) in [6.45, 7) is 5.66. The highest BCUT2D eigenvalue weighted by Gasteiger charge is 1.77. The van der Waals surface area contributed by atoms with Crippen molar-refractivity contribution in [3.05, 3.63) is 0 Å². The van der Waals surface area contributed by atoms with E-state index >= 15 is 0 Å². The predicted molar refractivity (Wildman–Crippen MR) is 43.8 cm³/mol. The smallest absolute Gasteiger partial charge is 0.107 e. The van der Waals surface area contributed by atoms with Gasteiger partial charge in [-0.3, -0.25) is 0 Å². The second kappa shape index (κ2) is 8.52. The summed E-state index contributed by atoms with van der Waals surface area (Å²) < 4.78 is 5.16. The number of unbranched alkanes of at least 4 members (excludes halogenated alkanes) is 1. The van der Waals surface area contributed by atoms with Crippen molar-refractivity contribution >= 4 is 0 Å². The van der Waals surface area contributed by atoms with Gasteiger partial charge in [-0.15, -0.1) is 5.92 Å². The summed E-state index contributed by atoms with van der Waals surface area (Å²) in [4.78, 5) is 0. The molecule has 0 bridgehead atoms. The fraction of sp³-hybridized carbons (Fsp3) is 0.778. The number of hydrogen-bond acceptors (Lipinski definition) is 1. The monoisotopic (exact) mass is 140 g/mol. The second-order valence-electron chi connectivity index (χ2n) is 2.16. The van der Waals surface area contributed by atoms with Gasteiger partial charge in [-0.1, -0.05) is 19.8 Å². The number of ether oxygens (including phenoxy) is 1. The maximum Gasteiger partial charge on any atom is 0.107 e. The van der Waals surface area contributed by atoms with Gasteiger partial charge >= 0.3 is 0 Å². The van der Waals surface area contributed by atoms with Gasteiger partial charge in [-0.05, 0) is 12.8 Å². The Kier molecular flexibility index (Phi) is 8.11. The molecule has 1 heteroatoms. The van der Waals surface area contributed by atoms with Crippen molar-refractivity contribution in [1.82, 2.24) is 0 Å². The molecule has 10 heavy (non-hydrogen) atoms. The fourth-order valence-corrected chi connectivity index (χ4v) is 0.532. The molecule has 0 aromatic heterocycles. The minimum Gasteiger partial charge on any atom is -0.369 e. The molecular formula is C9H16O. The average Bonchev–Trinajstić information content (AvgIpc) is 1.97. The van der Waals surface area contributed by atoms with Crippen LogP contribution in [-0.2, 0) is 4.74 Å². The molecular weight excluding hydrogens is 124 g/mol. The Bertz CT molecular complexity index is 108. The molecule has 0 aliphatic carbocycles. The third-order valence-electron chi connectivity index (χ3n) is 1.02. The first-order valence-corrected chi connectivity index (χ1v) is 3.95. The maximum absolute atomic E-state index is 5.16. The Morgan fingerprint density at radius 3 is 2.50 bits per heavy atom. The molecule has 0 fully saturated rings. The Labute approximate surface area is 63.8 Å². The van der Waals surface area contributed by atoms with Crippen LogP contribution in [0.25, 0.3) is 0 Å². The van der Waals surface area contributed by atoms with E-state index in [2.05, 4.69) is 25.7 Å². The van der Waals surface area contributed by atoms with Crippen molar-refractivity contribution in [1.29, 1.82) is 0 Å². The van der Waals surface area contributed by atoms with E-state index in [9.17, 15) is 0 Å². The SMILES string of the molecule is CCCC#CCOCCC. The van der Waals surface area contributed by atoms with Crippen LogP contribution in [0.2, 0.25) is 0 Å². The lowest BCUT2D eigenvalue weighted by atomic mass is 10.3. The summed E-state index contributed by atoms with van der Waals surface area (Å²) in [6.07, 6.45) is 3.21. The van der Waals surface area contributed by atoms with Crippen LogP contribution in [0.3, 0.4) is 0 Å². The van der Waals surface area contributed by atoms with Gasteiger partial charge < -0.3 is 4.74 Å². The maximum atomic E-state index is 5.16. The summed E-state index contributed by atoms with van der Waals surface area (Å²) >= 11 is 0. The lowest BCUT2D eigenvalue weighted by molar-refractivity contribution is 0.168. The van der Waals surface area contributed by atoms with Gasteiger partial charge in [0.05, 0.1) is 0 Å². The van der Waals surface area contributed by atoms with Gasteiger partial charge in [0.2, 0.25) is 0 Å². The number of hydrogen-bond donors (Lipinski definition) is 0. The minimum absolute atomic E-state index is 0.605. The summed E-state index contributed by atoms with van der Waals surface area (Å²) in [6, 6.07) is 0. The summed E-state index contributed by atoms with van der Waals surface area (Å²) in [5.41, 5.74) is 0. The van der Waals surface area contributed by atoms with Crippen LogP contribution >= 0.6 is 0 Å². The van der Waals surface area contributed by atoms with Crippen molar-refractivity contribution < 1.29 is 4.74 Å². The summed E-state index contributed by atoms with van der Waals surface area (Å²) in [5, 5.41) is 0. The highest BCUT2D eigenvalue weighted by Crippen LogP contribution is 1.82.